The first-order chi connectivity index (χ1) is 7.24. The number of Topliss-reactive ketones (excluding diaryl/α,β-unsaturated/α-hetero) is 1. The van der Waals surface area contributed by atoms with Crippen LogP contribution in [0.15, 0.2) is 0 Å². The van der Waals surface area contributed by atoms with Crippen LogP contribution in [-0.4, -0.2) is 17.0 Å². The second kappa shape index (κ2) is 4.65. The minimum Gasteiger partial charge on any atom is -0.392 e. The minimum absolute atomic E-state index is 0.0124. The molecule has 15 heavy (non-hydrogen) atoms. The summed E-state index contributed by atoms with van der Waals surface area (Å²) in [5, 5.41) is 10.1. The summed E-state index contributed by atoms with van der Waals surface area (Å²) in [6.07, 6.45) is 7.38. The maximum Gasteiger partial charge on any atom is 0.138 e. The van der Waals surface area contributed by atoms with Gasteiger partial charge in [0.15, 0.2) is 0 Å². The lowest BCUT2D eigenvalue weighted by atomic mass is 9.61. The van der Waals surface area contributed by atoms with E-state index in [1.54, 1.807) is 0 Å². The number of ketones is 1. The highest BCUT2D eigenvalue weighted by molar-refractivity contribution is 5.83. The summed E-state index contributed by atoms with van der Waals surface area (Å²) in [6, 6.07) is 0. The Labute approximate surface area is 92.1 Å². The molecule has 0 aromatic rings. The molecule has 2 bridgehead atoms. The molecule has 0 amide bonds. The van der Waals surface area contributed by atoms with E-state index in [-0.39, 0.29) is 12.0 Å². The Bertz CT molecular complexity index is 235. The molecule has 3 rings (SSSR count). The predicted octanol–water partition coefficient (Wildman–Crippen LogP) is 2.54. The fraction of sp³-hybridized carbons (Fsp3) is 0.923. The summed E-state index contributed by atoms with van der Waals surface area (Å²) in [7, 11) is 0. The molecule has 3 fully saturated rings. The van der Waals surface area contributed by atoms with Gasteiger partial charge in [-0.25, -0.2) is 0 Å². The fourth-order valence-corrected chi connectivity index (χ4v) is 3.41. The Morgan fingerprint density at radius 3 is 2.73 bits per heavy atom. The molecule has 0 saturated heterocycles. The first kappa shape index (κ1) is 11.1. The van der Waals surface area contributed by atoms with Crippen molar-refractivity contribution in [3.8, 4) is 0 Å². The Balaban J connectivity index is 1.92. The fourth-order valence-electron chi connectivity index (χ4n) is 3.41. The van der Waals surface area contributed by atoms with Crippen LogP contribution in [0.5, 0.6) is 0 Å². The smallest absolute Gasteiger partial charge is 0.138 e. The van der Waals surface area contributed by atoms with E-state index in [9.17, 15) is 9.90 Å². The summed E-state index contributed by atoms with van der Waals surface area (Å²) in [4.78, 5) is 11.6. The maximum absolute atomic E-state index is 11.6. The van der Waals surface area contributed by atoms with Crippen molar-refractivity contribution in [2.24, 2.45) is 17.8 Å². The van der Waals surface area contributed by atoms with Crippen molar-refractivity contribution in [3.05, 3.63) is 0 Å². The van der Waals surface area contributed by atoms with E-state index in [0.717, 1.165) is 19.3 Å². The molecule has 0 radical (unpaired) electrons. The third kappa shape index (κ3) is 2.10. The molecule has 2 heteroatoms. The number of aliphatic hydroxyl groups is 1. The molecule has 0 spiro atoms. The van der Waals surface area contributed by atoms with Crippen LogP contribution in [0.4, 0.5) is 0 Å². The summed E-state index contributed by atoms with van der Waals surface area (Å²) in [5.41, 5.74) is 0. The van der Waals surface area contributed by atoms with E-state index >= 15 is 0 Å². The lowest BCUT2D eigenvalue weighted by molar-refractivity contribution is -0.143. The van der Waals surface area contributed by atoms with Crippen molar-refractivity contribution in [2.45, 2.75) is 58.0 Å². The van der Waals surface area contributed by atoms with E-state index in [1.807, 2.05) is 0 Å². The Kier molecular flexibility index (Phi) is 3.45. The van der Waals surface area contributed by atoms with Crippen LogP contribution < -0.4 is 0 Å². The normalized spacial score (nSPS) is 39.7. The Hall–Kier alpha value is -0.370. The summed E-state index contributed by atoms with van der Waals surface area (Å²) in [5.74, 6) is 1.23. The van der Waals surface area contributed by atoms with Crippen LogP contribution in [0, 0.1) is 17.8 Å². The van der Waals surface area contributed by atoms with Crippen LogP contribution in [-0.2, 0) is 4.79 Å². The third-order valence-corrected chi connectivity index (χ3v) is 4.32. The van der Waals surface area contributed by atoms with Crippen LogP contribution in [0.3, 0.4) is 0 Å². The first-order valence-electron chi connectivity index (χ1n) is 6.44. The zero-order valence-electron chi connectivity index (χ0n) is 9.61. The van der Waals surface area contributed by atoms with Crippen LogP contribution in [0.2, 0.25) is 0 Å². The molecule has 0 aromatic carbocycles. The van der Waals surface area contributed by atoms with Gasteiger partial charge < -0.3 is 5.11 Å². The molecule has 0 aliphatic heterocycles. The number of hydrogen-bond acceptors (Lipinski definition) is 2. The number of hydrogen-bond donors (Lipinski definition) is 1. The van der Waals surface area contributed by atoms with E-state index in [1.165, 1.54) is 25.7 Å². The summed E-state index contributed by atoms with van der Waals surface area (Å²) < 4.78 is 0. The van der Waals surface area contributed by atoms with E-state index in [4.69, 9.17) is 0 Å². The Morgan fingerprint density at radius 1 is 1.33 bits per heavy atom. The molecular formula is C13H22O2. The van der Waals surface area contributed by atoms with Crippen molar-refractivity contribution >= 4 is 5.78 Å². The quantitative estimate of drug-likeness (QED) is 0.724. The van der Waals surface area contributed by atoms with Crippen molar-refractivity contribution in [1.82, 2.24) is 0 Å². The second-order valence-electron chi connectivity index (χ2n) is 5.26. The second-order valence-corrected chi connectivity index (χ2v) is 5.26. The monoisotopic (exact) mass is 210 g/mol. The average molecular weight is 210 g/mol. The molecule has 1 N–H and O–H groups in total. The van der Waals surface area contributed by atoms with Gasteiger partial charge in [-0.15, -0.1) is 0 Å². The molecule has 3 saturated carbocycles. The molecule has 86 valence electrons. The van der Waals surface area contributed by atoms with Gasteiger partial charge in [-0.05, 0) is 31.1 Å². The van der Waals surface area contributed by atoms with E-state index in [2.05, 4.69) is 6.92 Å². The van der Waals surface area contributed by atoms with E-state index < -0.39 is 0 Å². The number of fused-ring (bicyclic) bond motifs is 3. The minimum atomic E-state index is -0.318. The Morgan fingerprint density at radius 2 is 2.13 bits per heavy atom. The van der Waals surface area contributed by atoms with Gasteiger partial charge in [-0.3, -0.25) is 4.79 Å². The SMILES string of the molecule is CCCCCC1C2CCC(C(=O)C2)C1O. The van der Waals surface area contributed by atoms with Crippen LogP contribution >= 0.6 is 0 Å². The molecule has 0 aromatic heterocycles. The standard InChI is InChI=1S/C13H22O2/c1-2-3-4-5-10-9-6-7-11(13(10)15)12(14)8-9/h9-11,13,15H,2-8H2,1H3. The van der Waals surface area contributed by atoms with Crippen LogP contribution in [0.1, 0.15) is 51.9 Å². The number of unbranched alkanes of at least 4 members (excludes halogenated alkanes) is 2. The zero-order chi connectivity index (χ0) is 10.8. The molecular weight excluding hydrogens is 188 g/mol. The summed E-state index contributed by atoms with van der Waals surface area (Å²) in [6.45, 7) is 2.20. The average Bonchev–Trinajstić information content (AvgIpc) is 2.22. The van der Waals surface area contributed by atoms with Gasteiger partial charge in [0.05, 0.1) is 6.10 Å². The maximum atomic E-state index is 11.6. The van der Waals surface area contributed by atoms with Crippen molar-refractivity contribution in [1.29, 1.82) is 0 Å². The highest BCUT2D eigenvalue weighted by Crippen LogP contribution is 2.45. The van der Waals surface area contributed by atoms with Gasteiger partial charge in [-0.1, -0.05) is 26.2 Å². The van der Waals surface area contributed by atoms with Gasteiger partial charge in [0.1, 0.15) is 5.78 Å². The zero-order valence-corrected chi connectivity index (χ0v) is 9.61. The molecule has 3 aliphatic carbocycles. The van der Waals surface area contributed by atoms with Gasteiger partial charge in [0.2, 0.25) is 0 Å². The molecule has 2 nitrogen and oxygen atoms in total. The van der Waals surface area contributed by atoms with Gasteiger partial charge in [0.25, 0.3) is 0 Å². The number of carbonyl (C=O) groups excluding carboxylic acids is 1. The van der Waals surface area contributed by atoms with Gasteiger partial charge >= 0.3 is 0 Å². The topological polar surface area (TPSA) is 37.3 Å². The molecule has 4 atom stereocenters. The van der Waals surface area contributed by atoms with Gasteiger partial charge in [0, 0.05) is 12.3 Å². The largest absolute Gasteiger partial charge is 0.392 e. The molecule has 3 aliphatic rings. The van der Waals surface area contributed by atoms with Gasteiger partial charge in [-0.2, -0.15) is 0 Å². The van der Waals surface area contributed by atoms with Crippen molar-refractivity contribution in [2.75, 3.05) is 0 Å². The number of aliphatic hydroxyl groups excluding tert-OH is 1. The predicted molar refractivity (Wildman–Crippen MR) is 59.5 cm³/mol. The highest BCUT2D eigenvalue weighted by atomic mass is 16.3. The first-order valence-corrected chi connectivity index (χ1v) is 6.44. The lowest BCUT2D eigenvalue weighted by Gasteiger charge is -2.45. The number of carbonyl (C=O) groups is 1. The van der Waals surface area contributed by atoms with Crippen molar-refractivity contribution in [3.63, 3.8) is 0 Å². The van der Waals surface area contributed by atoms with E-state index in [0.29, 0.717) is 17.6 Å². The van der Waals surface area contributed by atoms with Crippen molar-refractivity contribution < 1.29 is 9.90 Å². The lowest BCUT2D eigenvalue weighted by Crippen LogP contribution is -2.48. The van der Waals surface area contributed by atoms with Crippen LogP contribution in [0.25, 0.3) is 0 Å². The molecule has 0 heterocycles. The summed E-state index contributed by atoms with van der Waals surface area (Å²) >= 11 is 0. The number of rotatable bonds is 4. The highest BCUT2D eigenvalue weighted by Gasteiger charge is 2.46. The third-order valence-electron chi connectivity index (χ3n) is 4.32. The molecule has 4 unspecified atom stereocenters.